The van der Waals surface area contributed by atoms with Crippen molar-refractivity contribution in [3.63, 3.8) is 0 Å². The molecule has 3 N–H and O–H groups in total. The second-order valence-corrected chi connectivity index (χ2v) is 9.22. The van der Waals surface area contributed by atoms with Crippen LogP contribution in [0.5, 0.6) is 0 Å². The fourth-order valence-electron chi connectivity index (χ4n) is 4.03. The highest BCUT2D eigenvalue weighted by atomic mass is 32.1. The van der Waals surface area contributed by atoms with Crippen LogP contribution in [0.4, 0.5) is 0 Å². The molecule has 0 amide bonds. The van der Waals surface area contributed by atoms with E-state index >= 15 is 0 Å². The third-order valence-corrected chi connectivity index (χ3v) is 6.30. The number of hydrogen-bond acceptors (Lipinski definition) is 6. The van der Waals surface area contributed by atoms with Crippen LogP contribution in [0.25, 0.3) is 0 Å². The molecular formula is C24H46O5S. The molecule has 0 spiro atoms. The Morgan fingerprint density at radius 3 is 1.83 bits per heavy atom. The molecule has 0 saturated carbocycles. The van der Waals surface area contributed by atoms with Gasteiger partial charge in [-0.05, 0) is 18.6 Å². The smallest absolute Gasteiger partial charge is 0.160 e. The monoisotopic (exact) mass is 446 g/mol. The minimum atomic E-state index is -1.10. The lowest BCUT2D eigenvalue weighted by Crippen LogP contribution is -2.41. The molecule has 0 unspecified atom stereocenters. The predicted molar refractivity (Wildman–Crippen MR) is 126 cm³/mol. The molecule has 6 heteroatoms. The zero-order valence-electron chi connectivity index (χ0n) is 19.1. The molecule has 5 nitrogen and oxygen atoms in total. The first-order valence-electron chi connectivity index (χ1n) is 12.4. The maximum Gasteiger partial charge on any atom is 0.160 e. The molecule has 0 bridgehead atoms. The minimum Gasteiger partial charge on any atom is -0.479 e. The third-order valence-electron chi connectivity index (χ3n) is 6.00. The first-order valence-corrected chi connectivity index (χ1v) is 12.8. The summed E-state index contributed by atoms with van der Waals surface area (Å²) in [5.41, 5.74) is 0. The quantitative estimate of drug-likeness (QED) is 0.190. The van der Waals surface area contributed by atoms with Gasteiger partial charge in [0.2, 0.25) is 0 Å². The fourth-order valence-corrected chi connectivity index (χ4v) is 4.30. The van der Waals surface area contributed by atoms with E-state index in [4.69, 9.17) is 26.8 Å². The molecule has 1 saturated heterocycles. The van der Waals surface area contributed by atoms with Crippen molar-refractivity contribution in [2.45, 2.75) is 134 Å². The van der Waals surface area contributed by atoms with Crippen LogP contribution in [0.2, 0.25) is 0 Å². The maximum absolute atomic E-state index is 10.1. The second-order valence-electron chi connectivity index (χ2n) is 8.77. The van der Waals surface area contributed by atoms with E-state index in [1.807, 2.05) is 0 Å². The number of hydrogen-bond donors (Lipinski definition) is 3. The molecule has 1 rings (SSSR count). The van der Waals surface area contributed by atoms with Crippen LogP contribution in [0.3, 0.4) is 0 Å². The summed E-state index contributed by atoms with van der Waals surface area (Å²) in [5.74, 6) is 0. The summed E-state index contributed by atoms with van der Waals surface area (Å²) < 4.78 is 10.9. The highest BCUT2D eigenvalue weighted by molar-refractivity contribution is 7.80. The first-order chi connectivity index (χ1) is 14.6. The Kier molecular flexibility index (Phi) is 17.0. The molecule has 0 aromatic heterocycles. The van der Waals surface area contributed by atoms with Crippen LogP contribution >= 0.6 is 12.2 Å². The van der Waals surface area contributed by atoms with Crippen LogP contribution < -0.4 is 0 Å². The Labute approximate surface area is 189 Å². The Morgan fingerprint density at radius 1 is 0.900 bits per heavy atom. The van der Waals surface area contributed by atoms with Crippen molar-refractivity contribution in [2.24, 2.45) is 0 Å². The number of thiocarbonyl (C=S) groups is 1. The molecule has 30 heavy (non-hydrogen) atoms. The van der Waals surface area contributed by atoms with Gasteiger partial charge in [-0.1, -0.05) is 96.8 Å². The van der Waals surface area contributed by atoms with Gasteiger partial charge in [0.1, 0.15) is 18.3 Å². The van der Waals surface area contributed by atoms with Gasteiger partial charge in [-0.2, -0.15) is 0 Å². The van der Waals surface area contributed by atoms with E-state index in [-0.39, 0.29) is 6.61 Å². The van der Waals surface area contributed by atoms with E-state index in [2.05, 4.69) is 6.92 Å². The zero-order valence-corrected chi connectivity index (χ0v) is 19.9. The summed E-state index contributed by atoms with van der Waals surface area (Å²) >= 11 is 5.28. The maximum atomic E-state index is 10.1. The van der Waals surface area contributed by atoms with E-state index in [1.54, 1.807) is 0 Å². The lowest BCUT2D eigenvalue weighted by Gasteiger charge is -2.21. The zero-order chi connectivity index (χ0) is 22.0. The number of rotatable bonds is 19. The van der Waals surface area contributed by atoms with Crippen LogP contribution in [0, 0.1) is 0 Å². The van der Waals surface area contributed by atoms with Gasteiger partial charge in [0.25, 0.3) is 0 Å². The molecule has 0 radical (unpaired) electrons. The Balaban J connectivity index is 1.87. The molecule has 1 aliphatic rings. The van der Waals surface area contributed by atoms with Gasteiger partial charge in [-0.25, -0.2) is 0 Å². The van der Waals surface area contributed by atoms with E-state index in [0.29, 0.717) is 11.5 Å². The van der Waals surface area contributed by atoms with E-state index in [1.165, 1.54) is 83.5 Å². The normalized spacial score (nSPS) is 22.3. The van der Waals surface area contributed by atoms with Crippen LogP contribution in [0.15, 0.2) is 0 Å². The van der Waals surface area contributed by atoms with E-state index in [0.717, 1.165) is 12.8 Å². The van der Waals surface area contributed by atoms with Gasteiger partial charge in [-0.3, -0.25) is 0 Å². The molecule has 1 aliphatic heterocycles. The largest absolute Gasteiger partial charge is 0.479 e. The van der Waals surface area contributed by atoms with Crippen molar-refractivity contribution < 1.29 is 24.8 Å². The standard InChI is InChI=1S/C24H46O5S/c1-2-3-4-5-6-7-8-9-10-11-12-13-14-15-16-17-22(30)29-21-19-28-24(23(21)27)20(26)18-25/h20-21,23-27H,2-19H2,1H3/t20-,21+,23-,24-/m0/s1. The van der Waals surface area contributed by atoms with E-state index in [9.17, 15) is 10.2 Å². The summed E-state index contributed by atoms with van der Waals surface area (Å²) in [6.07, 6.45) is 17.2. The van der Waals surface area contributed by atoms with Gasteiger partial charge in [0.15, 0.2) is 11.2 Å². The Morgan fingerprint density at radius 2 is 1.37 bits per heavy atom. The molecular weight excluding hydrogens is 400 g/mol. The highest BCUT2D eigenvalue weighted by Gasteiger charge is 2.41. The predicted octanol–water partition coefficient (Wildman–Crippen LogP) is 5.07. The Bertz CT molecular complexity index is 420. The number of aliphatic hydroxyl groups is 3. The SMILES string of the molecule is CCCCCCCCCCCCCCCCCC(=S)O[C@@H]1CO[C@@H]([C@@H](O)CO)[C@H]1O. The van der Waals surface area contributed by atoms with Crippen molar-refractivity contribution in [1.29, 1.82) is 0 Å². The fraction of sp³-hybridized carbons (Fsp3) is 0.958. The molecule has 178 valence electrons. The second kappa shape index (κ2) is 18.3. The average Bonchev–Trinajstić information content (AvgIpc) is 3.10. The van der Waals surface area contributed by atoms with Crippen molar-refractivity contribution >= 4 is 17.3 Å². The van der Waals surface area contributed by atoms with Crippen LogP contribution in [-0.4, -0.2) is 58.0 Å². The van der Waals surface area contributed by atoms with Crippen LogP contribution in [-0.2, 0) is 9.47 Å². The highest BCUT2D eigenvalue weighted by Crippen LogP contribution is 2.21. The van der Waals surface area contributed by atoms with Gasteiger partial charge < -0.3 is 24.8 Å². The van der Waals surface area contributed by atoms with Crippen molar-refractivity contribution in [3.8, 4) is 0 Å². The third kappa shape index (κ3) is 12.6. The molecule has 1 fully saturated rings. The lowest BCUT2D eigenvalue weighted by molar-refractivity contribution is -0.0679. The summed E-state index contributed by atoms with van der Waals surface area (Å²) in [6, 6.07) is 0. The average molecular weight is 447 g/mol. The van der Waals surface area contributed by atoms with Crippen LogP contribution in [0.1, 0.15) is 110 Å². The Hall–Kier alpha value is -0.270. The summed E-state index contributed by atoms with van der Waals surface area (Å²) in [7, 11) is 0. The summed E-state index contributed by atoms with van der Waals surface area (Å²) in [4.78, 5) is 0. The lowest BCUT2D eigenvalue weighted by atomic mass is 10.0. The molecule has 0 aromatic carbocycles. The number of aliphatic hydroxyl groups excluding tert-OH is 3. The van der Waals surface area contributed by atoms with Gasteiger partial charge in [-0.15, -0.1) is 0 Å². The van der Waals surface area contributed by atoms with Crippen molar-refractivity contribution in [1.82, 2.24) is 0 Å². The first kappa shape index (κ1) is 27.8. The molecule has 0 aromatic rings. The molecule has 1 heterocycles. The van der Waals surface area contributed by atoms with Gasteiger partial charge in [0.05, 0.1) is 13.2 Å². The minimum absolute atomic E-state index is 0.182. The summed E-state index contributed by atoms with van der Waals surface area (Å²) in [5, 5.41) is 29.2. The van der Waals surface area contributed by atoms with Crippen molar-refractivity contribution in [2.75, 3.05) is 13.2 Å². The van der Waals surface area contributed by atoms with E-state index < -0.39 is 31.0 Å². The van der Waals surface area contributed by atoms with Gasteiger partial charge >= 0.3 is 0 Å². The summed E-state index contributed by atoms with van der Waals surface area (Å²) in [6.45, 7) is 2.01. The number of ether oxygens (including phenoxy) is 2. The van der Waals surface area contributed by atoms with Gasteiger partial charge in [0, 0.05) is 6.42 Å². The molecule has 4 atom stereocenters. The molecule has 0 aliphatic carbocycles. The number of unbranched alkanes of at least 4 members (excludes halogenated alkanes) is 14. The van der Waals surface area contributed by atoms with Crippen molar-refractivity contribution in [3.05, 3.63) is 0 Å². The topological polar surface area (TPSA) is 79.2 Å².